The number of nitrogens with one attached hydrogen (secondary N) is 2. The molecule has 1 fully saturated rings. The molecule has 0 atom stereocenters. The molecule has 0 spiro atoms. The molecule has 4 N–H and O–H groups in total. The number of ether oxygens (including phenoxy) is 1. The molecule has 1 aliphatic heterocycles. The highest BCUT2D eigenvalue weighted by atomic mass is 32.1. The van der Waals surface area contributed by atoms with Gasteiger partial charge in [-0.25, -0.2) is 4.98 Å². The molecular weight excluding hydrogens is 394 g/mol. The maximum absolute atomic E-state index is 6.25. The number of hydrogen-bond donors (Lipinski definition) is 3. The molecule has 6 nitrogen and oxygen atoms in total. The molecule has 0 bridgehead atoms. The summed E-state index contributed by atoms with van der Waals surface area (Å²) in [6.07, 6.45) is 13.9. The Balaban J connectivity index is 1.37. The first-order valence-corrected chi connectivity index (χ1v) is 11.3. The van der Waals surface area contributed by atoms with Crippen LogP contribution in [0.15, 0.2) is 54.6 Å². The molecule has 1 saturated carbocycles. The van der Waals surface area contributed by atoms with Crippen molar-refractivity contribution in [3.8, 4) is 11.5 Å². The van der Waals surface area contributed by atoms with E-state index < -0.39 is 0 Å². The Kier molecular flexibility index (Phi) is 5.27. The van der Waals surface area contributed by atoms with Crippen LogP contribution in [0, 0.1) is 0 Å². The van der Waals surface area contributed by atoms with Gasteiger partial charge in [0.15, 0.2) is 5.13 Å². The highest BCUT2D eigenvalue weighted by molar-refractivity contribution is 7.22. The molecule has 0 saturated heterocycles. The van der Waals surface area contributed by atoms with Crippen molar-refractivity contribution in [1.82, 2.24) is 15.3 Å². The number of allylic oxidation sites excluding steroid dienone is 2. The minimum absolute atomic E-state index is 0.551. The van der Waals surface area contributed by atoms with Crippen LogP contribution in [-0.4, -0.2) is 22.6 Å². The first-order chi connectivity index (χ1) is 14.7. The van der Waals surface area contributed by atoms with E-state index >= 15 is 0 Å². The van der Waals surface area contributed by atoms with E-state index in [0.717, 1.165) is 38.0 Å². The Morgan fingerprint density at radius 3 is 2.87 bits per heavy atom. The van der Waals surface area contributed by atoms with E-state index in [4.69, 9.17) is 15.5 Å². The molecule has 0 amide bonds. The third-order valence-electron chi connectivity index (χ3n) is 5.59. The number of thiazole rings is 1. The van der Waals surface area contributed by atoms with Gasteiger partial charge in [-0.3, -0.25) is 4.98 Å². The molecular formula is C23H25N5OS. The Hall–Kier alpha value is -3.06. The van der Waals surface area contributed by atoms with E-state index in [-0.39, 0.29) is 0 Å². The van der Waals surface area contributed by atoms with Crippen LogP contribution in [-0.2, 0) is 0 Å². The number of dihydropyridines is 1. The van der Waals surface area contributed by atoms with Crippen LogP contribution in [0.1, 0.15) is 37.7 Å². The zero-order chi connectivity index (χ0) is 20.3. The second kappa shape index (κ2) is 8.36. The van der Waals surface area contributed by atoms with Crippen molar-refractivity contribution in [3.63, 3.8) is 0 Å². The molecule has 30 heavy (non-hydrogen) atoms. The van der Waals surface area contributed by atoms with Gasteiger partial charge in [0.05, 0.1) is 16.0 Å². The van der Waals surface area contributed by atoms with Crippen LogP contribution in [0.5, 0.6) is 11.5 Å². The number of aromatic nitrogens is 2. The van der Waals surface area contributed by atoms with Gasteiger partial charge in [0.2, 0.25) is 0 Å². The fraction of sp³-hybridized carbons (Fsp3) is 0.304. The molecule has 2 aliphatic rings. The van der Waals surface area contributed by atoms with Crippen molar-refractivity contribution in [2.45, 2.75) is 38.1 Å². The van der Waals surface area contributed by atoms with Gasteiger partial charge >= 0.3 is 0 Å². The summed E-state index contributed by atoms with van der Waals surface area (Å²) >= 11 is 1.69. The molecule has 3 aromatic rings. The summed E-state index contributed by atoms with van der Waals surface area (Å²) in [4.78, 5) is 9.03. The zero-order valence-electron chi connectivity index (χ0n) is 16.7. The average molecular weight is 420 g/mol. The number of pyridine rings is 1. The third kappa shape index (κ3) is 4.11. The molecule has 3 heterocycles. The van der Waals surface area contributed by atoms with E-state index in [2.05, 4.69) is 21.7 Å². The Labute approximate surface area is 179 Å². The Morgan fingerprint density at radius 1 is 1.13 bits per heavy atom. The molecule has 1 aromatic carbocycles. The molecule has 154 valence electrons. The quantitative estimate of drug-likeness (QED) is 0.539. The van der Waals surface area contributed by atoms with Crippen molar-refractivity contribution in [2.75, 3.05) is 11.9 Å². The highest BCUT2D eigenvalue weighted by Crippen LogP contribution is 2.35. The highest BCUT2D eigenvalue weighted by Gasteiger charge is 2.16. The topological polar surface area (TPSA) is 85.1 Å². The fourth-order valence-corrected chi connectivity index (χ4v) is 4.95. The first kappa shape index (κ1) is 18.9. The largest absolute Gasteiger partial charge is 0.457 e. The SMILES string of the molecule is NC1=CC=C(c2cnccc2Oc2ccc3nc(NC4CCCCC4)sc3c2)CN1. The van der Waals surface area contributed by atoms with Crippen LogP contribution in [0.3, 0.4) is 0 Å². The molecule has 7 heteroatoms. The Bertz CT molecular complexity index is 1110. The Morgan fingerprint density at radius 2 is 2.03 bits per heavy atom. The minimum Gasteiger partial charge on any atom is -0.457 e. The summed E-state index contributed by atoms with van der Waals surface area (Å²) in [5.74, 6) is 2.23. The average Bonchev–Trinajstić information content (AvgIpc) is 3.17. The lowest BCUT2D eigenvalue weighted by molar-refractivity contribution is 0.462. The van der Waals surface area contributed by atoms with E-state index in [1.807, 2.05) is 36.5 Å². The number of benzene rings is 1. The van der Waals surface area contributed by atoms with Crippen LogP contribution < -0.4 is 21.1 Å². The van der Waals surface area contributed by atoms with Gasteiger partial charge in [0, 0.05) is 36.6 Å². The second-order valence-electron chi connectivity index (χ2n) is 7.77. The van der Waals surface area contributed by atoms with Gasteiger partial charge in [-0.2, -0.15) is 0 Å². The van der Waals surface area contributed by atoms with Crippen LogP contribution in [0.4, 0.5) is 5.13 Å². The second-order valence-corrected chi connectivity index (χ2v) is 8.80. The number of nitrogens with zero attached hydrogens (tertiary/aromatic N) is 2. The van der Waals surface area contributed by atoms with E-state index in [0.29, 0.717) is 18.4 Å². The summed E-state index contributed by atoms with van der Waals surface area (Å²) in [6, 6.07) is 8.51. The lowest BCUT2D eigenvalue weighted by atomic mass is 9.96. The standard InChI is InChI=1S/C23H25N5OS/c24-22-9-6-15(13-26-22)18-14-25-11-10-20(18)29-17-7-8-19-21(12-17)30-23(28-19)27-16-4-2-1-3-5-16/h6-12,14,16,26H,1-5,13,24H2,(H,27,28). The van der Waals surface area contributed by atoms with Crippen molar-refractivity contribution >= 4 is 32.3 Å². The monoisotopic (exact) mass is 419 g/mol. The van der Waals surface area contributed by atoms with Crippen LogP contribution in [0.25, 0.3) is 15.8 Å². The number of hydrogen-bond acceptors (Lipinski definition) is 7. The summed E-state index contributed by atoms with van der Waals surface area (Å²) in [6.45, 7) is 0.647. The molecule has 2 aromatic heterocycles. The van der Waals surface area contributed by atoms with Crippen molar-refractivity contribution < 1.29 is 4.74 Å². The van der Waals surface area contributed by atoms with Crippen LogP contribution >= 0.6 is 11.3 Å². The number of nitrogens with two attached hydrogens (primary N) is 1. The maximum atomic E-state index is 6.25. The van der Waals surface area contributed by atoms with E-state index in [1.165, 1.54) is 32.1 Å². The zero-order valence-corrected chi connectivity index (χ0v) is 17.5. The minimum atomic E-state index is 0.551. The molecule has 1 aliphatic carbocycles. The third-order valence-corrected chi connectivity index (χ3v) is 6.54. The van der Waals surface area contributed by atoms with Crippen molar-refractivity contribution in [1.29, 1.82) is 0 Å². The fourth-order valence-electron chi connectivity index (χ4n) is 3.98. The number of fused-ring (bicyclic) bond motifs is 1. The van der Waals surface area contributed by atoms with Gasteiger partial charge in [-0.15, -0.1) is 0 Å². The van der Waals surface area contributed by atoms with Gasteiger partial charge in [-0.05, 0) is 42.7 Å². The summed E-state index contributed by atoms with van der Waals surface area (Å²) in [5, 5.41) is 7.78. The van der Waals surface area contributed by atoms with E-state index in [1.54, 1.807) is 17.5 Å². The predicted octanol–water partition coefficient (Wildman–Crippen LogP) is 5.01. The van der Waals surface area contributed by atoms with Gasteiger partial charge in [0.25, 0.3) is 0 Å². The van der Waals surface area contributed by atoms with Crippen LogP contribution in [0.2, 0.25) is 0 Å². The summed E-state index contributed by atoms with van der Waals surface area (Å²) in [7, 11) is 0. The molecule has 0 unspecified atom stereocenters. The molecule has 5 rings (SSSR count). The van der Waals surface area contributed by atoms with Crippen molar-refractivity contribution in [3.05, 3.63) is 60.2 Å². The maximum Gasteiger partial charge on any atom is 0.184 e. The summed E-state index contributed by atoms with van der Waals surface area (Å²) in [5.41, 5.74) is 8.84. The normalized spacial score (nSPS) is 17.2. The van der Waals surface area contributed by atoms with E-state index in [9.17, 15) is 0 Å². The smallest absolute Gasteiger partial charge is 0.184 e. The van der Waals surface area contributed by atoms with Gasteiger partial charge in [-0.1, -0.05) is 36.7 Å². The lowest BCUT2D eigenvalue weighted by Gasteiger charge is -2.22. The lowest BCUT2D eigenvalue weighted by Crippen LogP contribution is -2.24. The summed E-state index contributed by atoms with van der Waals surface area (Å²) < 4.78 is 7.38. The first-order valence-electron chi connectivity index (χ1n) is 10.4. The van der Waals surface area contributed by atoms with Gasteiger partial charge < -0.3 is 21.1 Å². The number of anilines is 1. The molecule has 0 radical (unpaired) electrons. The van der Waals surface area contributed by atoms with Gasteiger partial charge in [0.1, 0.15) is 11.5 Å². The predicted molar refractivity (Wildman–Crippen MR) is 123 cm³/mol. The van der Waals surface area contributed by atoms with Crippen molar-refractivity contribution in [2.24, 2.45) is 5.73 Å². The number of rotatable bonds is 5.